The van der Waals surface area contributed by atoms with Crippen molar-refractivity contribution in [3.8, 4) is 0 Å². The molecule has 8 nitrogen and oxygen atoms in total. The average molecular weight is 385 g/mol. The molecule has 0 radical (unpaired) electrons. The molecule has 10 heteroatoms. The molecule has 0 bridgehead atoms. The summed E-state index contributed by atoms with van der Waals surface area (Å²) in [5.74, 6) is -0.942. The molecule has 0 amide bonds. The van der Waals surface area contributed by atoms with Gasteiger partial charge in [-0.3, -0.25) is 19.6 Å². The van der Waals surface area contributed by atoms with Crippen LogP contribution in [0.25, 0.3) is 0 Å². The van der Waals surface area contributed by atoms with E-state index < -0.39 is 26.6 Å². The molecule has 0 aliphatic heterocycles. The summed E-state index contributed by atoms with van der Waals surface area (Å²) >= 11 is 5.69. The van der Waals surface area contributed by atoms with Gasteiger partial charge in [-0.05, 0) is 36.2 Å². The summed E-state index contributed by atoms with van der Waals surface area (Å²) in [5, 5.41) is 19.4. The molecule has 0 heterocycles. The van der Waals surface area contributed by atoms with Crippen LogP contribution in [-0.4, -0.2) is 24.4 Å². The van der Waals surface area contributed by atoms with E-state index in [1.807, 2.05) is 0 Å². The molecule has 25 heavy (non-hydrogen) atoms. The van der Waals surface area contributed by atoms with Crippen molar-refractivity contribution in [1.29, 1.82) is 0 Å². The lowest BCUT2D eigenvalue weighted by Crippen LogP contribution is -2.13. The van der Waals surface area contributed by atoms with Crippen LogP contribution < -0.4 is 4.72 Å². The Hall–Kier alpha value is -2.65. The number of nitro benzene ring substituents is 1. The first-order valence-electron chi connectivity index (χ1n) is 6.96. The van der Waals surface area contributed by atoms with Gasteiger partial charge in [0.15, 0.2) is 0 Å². The van der Waals surface area contributed by atoms with Crippen LogP contribution in [0.1, 0.15) is 12.0 Å². The number of nitrogens with zero attached hydrogens (tertiary/aromatic N) is 1. The quantitative estimate of drug-likeness (QED) is 0.558. The van der Waals surface area contributed by atoms with Gasteiger partial charge in [-0.2, -0.15) is 0 Å². The van der Waals surface area contributed by atoms with Crippen molar-refractivity contribution in [2.75, 3.05) is 4.72 Å². The van der Waals surface area contributed by atoms with Gasteiger partial charge in [0.05, 0.1) is 15.5 Å². The van der Waals surface area contributed by atoms with Gasteiger partial charge in [-0.1, -0.05) is 23.7 Å². The SMILES string of the molecule is O=C(O)CCc1ccc(S(=O)(=O)Nc2ccc(Cl)c([N+](=O)[O-])c2)cc1. The van der Waals surface area contributed by atoms with Crippen LogP contribution in [0.3, 0.4) is 0 Å². The van der Waals surface area contributed by atoms with Crippen molar-refractivity contribution >= 4 is 39.0 Å². The second-order valence-electron chi connectivity index (χ2n) is 5.07. The third-order valence-corrected chi connectivity index (χ3v) is 4.97. The molecule has 0 aliphatic rings. The van der Waals surface area contributed by atoms with Crippen LogP contribution in [0, 0.1) is 10.1 Å². The van der Waals surface area contributed by atoms with E-state index in [4.69, 9.17) is 16.7 Å². The molecule has 2 aromatic rings. The first kappa shape index (κ1) is 18.7. The smallest absolute Gasteiger partial charge is 0.303 e. The van der Waals surface area contributed by atoms with Gasteiger partial charge in [0.2, 0.25) is 0 Å². The van der Waals surface area contributed by atoms with Crippen LogP contribution in [0.2, 0.25) is 5.02 Å². The number of carboxylic acid groups (broad SMARTS) is 1. The van der Waals surface area contributed by atoms with E-state index in [9.17, 15) is 23.3 Å². The maximum atomic E-state index is 12.3. The third kappa shape index (κ3) is 4.91. The summed E-state index contributed by atoms with van der Waals surface area (Å²) in [4.78, 5) is 20.6. The number of carboxylic acids is 1. The van der Waals surface area contributed by atoms with E-state index in [-0.39, 0.29) is 28.4 Å². The topological polar surface area (TPSA) is 127 Å². The molecule has 2 N–H and O–H groups in total. The number of sulfonamides is 1. The largest absolute Gasteiger partial charge is 0.481 e. The lowest BCUT2D eigenvalue weighted by atomic mass is 10.1. The number of halogens is 1. The molecule has 0 saturated heterocycles. The molecule has 2 rings (SSSR count). The number of carbonyl (C=O) groups is 1. The maximum absolute atomic E-state index is 12.3. The van der Waals surface area contributed by atoms with Crippen LogP contribution in [0.5, 0.6) is 0 Å². The van der Waals surface area contributed by atoms with Gasteiger partial charge in [0.25, 0.3) is 15.7 Å². The molecule has 0 aliphatic carbocycles. The lowest BCUT2D eigenvalue weighted by molar-refractivity contribution is -0.384. The number of hydrogen-bond acceptors (Lipinski definition) is 5. The highest BCUT2D eigenvalue weighted by molar-refractivity contribution is 7.92. The number of nitro groups is 1. The van der Waals surface area contributed by atoms with E-state index in [1.165, 1.54) is 36.4 Å². The van der Waals surface area contributed by atoms with Crippen LogP contribution in [0.4, 0.5) is 11.4 Å². The van der Waals surface area contributed by atoms with Gasteiger partial charge in [-0.25, -0.2) is 8.42 Å². The van der Waals surface area contributed by atoms with Crippen molar-refractivity contribution in [3.05, 3.63) is 63.2 Å². The fourth-order valence-corrected chi connectivity index (χ4v) is 3.25. The first-order valence-corrected chi connectivity index (χ1v) is 8.82. The molecular formula is C15H13ClN2O6S. The van der Waals surface area contributed by atoms with Crippen LogP contribution in [0.15, 0.2) is 47.4 Å². The highest BCUT2D eigenvalue weighted by Gasteiger charge is 2.18. The number of aryl methyl sites for hydroxylation is 1. The number of aliphatic carboxylic acids is 1. The highest BCUT2D eigenvalue weighted by Crippen LogP contribution is 2.28. The molecule has 0 aromatic heterocycles. The van der Waals surface area contributed by atoms with Gasteiger partial charge in [0, 0.05) is 12.5 Å². The Morgan fingerprint density at radius 1 is 1.20 bits per heavy atom. The van der Waals surface area contributed by atoms with E-state index in [1.54, 1.807) is 0 Å². The number of hydrogen-bond donors (Lipinski definition) is 2. The average Bonchev–Trinajstić information content (AvgIpc) is 2.54. The number of anilines is 1. The number of rotatable bonds is 7. The standard InChI is InChI=1S/C15H13ClN2O6S/c16-13-7-4-11(9-14(13)18(21)22)17-25(23,24)12-5-1-10(2-6-12)3-8-15(19)20/h1-2,4-7,9,17H,3,8H2,(H,19,20). The predicted octanol–water partition coefficient (Wildman–Crippen LogP) is 3.07. The molecule has 0 unspecified atom stereocenters. The fourth-order valence-electron chi connectivity index (χ4n) is 2.02. The second kappa shape index (κ2) is 7.49. The Kier molecular flexibility index (Phi) is 5.60. The van der Waals surface area contributed by atoms with Crippen LogP contribution in [-0.2, 0) is 21.2 Å². The molecule has 2 aromatic carbocycles. The molecule has 0 spiro atoms. The van der Waals surface area contributed by atoms with Crippen molar-refractivity contribution < 1.29 is 23.2 Å². The Bertz CT molecular complexity index is 912. The summed E-state index contributed by atoms with van der Waals surface area (Å²) in [7, 11) is -3.95. The molecule has 132 valence electrons. The minimum absolute atomic E-state index is 0.00561. The molecule has 0 atom stereocenters. The molecule has 0 saturated carbocycles. The Balaban J connectivity index is 2.20. The zero-order chi connectivity index (χ0) is 18.6. The Morgan fingerprint density at radius 2 is 1.84 bits per heavy atom. The Labute approximate surface area is 148 Å². The highest BCUT2D eigenvalue weighted by atomic mass is 35.5. The summed E-state index contributed by atoms with van der Waals surface area (Å²) in [6.45, 7) is 0. The second-order valence-corrected chi connectivity index (χ2v) is 7.16. The minimum Gasteiger partial charge on any atom is -0.481 e. The van der Waals surface area contributed by atoms with Crippen molar-refractivity contribution in [2.45, 2.75) is 17.7 Å². The van der Waals surface area contributed by atoms with E-state index in [0.29, 0.717) is 5.56 Å². The molecule has 0 fully saturated rings. The van der Waals surface area contributed by atoms with Crippen molar-refractivity contribution in [1.82, 2.24) is 0 Å². The summed E-state index contributed by atoms with van der Waals surface area (Å²) in [6, 6.07) is 9.28. The van der Waals surface area contributed by atoms with Gasteiger partial charge in [0.1, 0.15) is 5.02 Å². The van der Waals surface area contributed by atoms with E-state index in [2.05, 4.69) is 4.72 Å². The van der Waals surface area contributed by atoms with Gasteiger partial charge < -0.3 is 5.11 Å². The lowest BCUT2D eigenvalue weighted by Gasteiger charge is -2.09. The third-order valence-electron chi connectivity index (χ3n) is 3.26. The minimum atomic E-state index is -3.95. The maximum Gasteiger partial charge on any atom is 0.303 e. The summed E-state index contributed by atoms with van der Waals surface area (Å²) in [5.41, 5.74) is 0.278. The van der Waals surface area contributed by atoms with Gasteiger partial charge >= 0.3 is 5.97 Å². The van der Waals surface area contributed by atoms with Crippen molar-refractivity contribution in [2.24, 2.45) is 0 Å². The van der Waals surface area contributed by atoms with E-state index >= 15 is 0 Å². The Morgan fingerprint density at radius 3 is 2.40 bits per heavy atom. The number of benzene rings is 2. The van der Waals surface area contributed by atoms with E-state index in [0.717, 1.165) is 6.07 Å². The summed E-state index contributed by atoms with van der Waals surface area (Å²) < 4.78 is 26.9. The zero-order valence-corrected chi connectivity index (χ0v) is 14.2. The normalized spacial score (nSPS) is 11.1. The first-order chi connectivity index (χ1) is 11.7. The monoisotopic (exact) mass is 384 g/mol. The van der Waals surface area contributed by atoms with Gasteiger partial charge in [-0.15, -0.1) is 0 Å². The number of nitrogens with one attached hydrogen (secondary N) is 1. The fraction of sp³-hybridized carbons (Fsp3) is 0.133. The predicted molar refractivity (Wildman–Crippen MR) is 91.3 cm³/mol. The van der Waals surface area contributed by atoms with Crippen LogP contribution >= 0.6 is 11.6 Å². The zero-order valence-electron chi connectivity index (χ0n) is 12.7. The summed E-state index contributed by atoms with van der Waals surface area (Å²) in [6.07, 6.45) is 0.227. The molecular weight excluding hydrogens is 372 g/mol. The van der Waals surface area contributed by atoms with Crippen molar-refractivity contribution in [3.63, 3.8) is 0 Å².